The van der Waals surface area contributed by atoms with Crippen molar-refractivity contribution >= 4 is 5.69 Å². The molecule has 100 valence electrons. The highest BCUT2D eigenvalue weighted by atomic mass is 19.1. The van der Waals surface area contributed by atoms with E-state index >= 15 is 0 Å². The van der Waals surface area contributed by atoms with E-state index in [2.05, 4.69) is 10.4 Å². The fourth-order valence-electron chi connectivity index (χ4n) is 1.90. The molecule has 2 aromatic rings. The van der Waals surface area contributed by atoms with Gasteiger partial charge in [-0.1, -0.05) is 18.2 Å². The van der Waals surface area contributed by atoms with Gasteiger partial charge in [0.25, 0.3) is 0 Å². The van der Waals surface area contributed by atoms with Crippen LogP contribution in [0.15, 0.2) is 42.6 Å². The van der Waals surface area contributed by atoms with Crippen molar-refractivity contribution in [1.82, 2.24) is 9.88 Å². The minimum atomic E-state index is -0.181. The van der Waals surface area contributed by atoms with Crippen molar-refractivity contribution in [3.63, 3.8) is 0 Å². The second kappa shape index (κ2) is 6.26. The summed E-state index contributed by atoms with van der Waals surface area (Å²) in [5.74, 6) is 5.17. The molecule has 0 atom stereocenters. The van der Waals surface area contributed by atoms with Gasteiger partial charge in [-0.05, 0) is 25.2 Å². The number of nitrogens with one attached hydrogen (secondary N) is 1. The Balaban J connectivity index is 2.01. The van der Waals surface area contributed by atoms with Crippen molar-refractivity contribution in [2.75, 3.05) is 12.5 Å². The van der Waals surface area contributed by atoms with Crippen LogP contribution in [0.1, 0.15) is 11.3 Å². The number of hydrazine groups is 1. The Morgan fingerprint density at radius 1 is 1.26 bits per heavy atom. The molecular formula is C14H17FN4. The van der Waals surface area contributed by atoms with E-state index in [1.807, 2.05) is 24.1 Å². The summed E-state index contributed by atoms with van der Waals surface area (Å²) in [6.07, 6.45) is 1.70. The van der Waals surface area contributed by atoms with E-state index in [1.165, 1.54) is 6.07 Å². The van der Waals surface area contributed by atoms with Crippen LogP contribution in [0.4, 0.5) is 10.1 Å². The van der Waals surface area contributed by atoms with Crippen LogP contribution in [-0.4, -0.2) is 16.9 Å². The van der Waals surface area contributed by atoms with Gasteiger partial charge in [-0.2, -0.15) is 0 Å². The van der Waals surface area contributed by atoms with Crippen LogP contribution in [0.2, 0.25) is 0 Å². The molecule has 0 unspecified atom stereocenters. The molecule has 4 nitrogen and oxygen atoms in total. The molecule has 0 radical (unpaired) electrons. The maximum atomic E-state index is 13.5. The minimum absolute atomic E-state index is 0.181. The zero-order valence-corrected chi connectivity index (χ0v) is 10.8. The summed E-state index contributed by atoms with van der Waals surface area (Å²) < 4.78 is 13.5. The number of benzene rings is 1. The van der Waals surface area contributed by atoms with Crippen LogP contribution in [-0.2, 0) is 13.1 Å². The van der Waals surface area contributed by atoms with Gasteiger partial charge in [-0.15, -0.1) is 0 Å². The average Bonchev–Trinajstić information content (AvgIpc) is 2.41. The van der Waals surface area contributed by atoms with Crippen molar-refractivity contribution in [3.8, 4) is 0 Å². The lowest BCUT2D eigenvalue weighted by atomic mass is 10.2. The summed E-state index contributed by atoms with van der Waals surface area (Å²) in [6.45, 7) is 1.17. The van der Waals surface area contributed by atoms with Crippen molar-refractivity contribution in [1.29, 1.82) is 0 Å². The Bertz CT molecular complexity index is 544. The van der Waals surface area contributed by atoms with Gasteiger partial charge in [-0.3, -0.25) is 15.7 Å². The zero-order chi connectivity index (χ0) is 13.7. The first-order valence-corrected chi connectivity index (χ1v) is 6.02. The van der Waals surface area contributed by atoms with Crippen molar-refractivity contribution in [3.05, 3.63) is 59.7 Å². The SMILES string of the molecule is CN(Cc1cc(NN)ccn1)Cc1ccccc1F. The Morgan fingerprint density at radius 2 is 2.05 bits per heavy atom. The summed E-state index contributed by atoms with van der Waals surface area (Å²) in [4.78, 5) is 6.26. The number of nitrogen functional groups attached to an aromatic ring is 1. The summed E-state index contributed by atoms with van der Waals surface area (Å²) in [5.41, 5.74) is 4.95. The van der Waals surface area contributed by atoms with Gasteiger partial charge >= 0.3 is 0 Å². The minimum Gasteiger partial charge on any atom is -0.324 e. The molecule has 5 heteroatoms. The summed E-state index contributed by atoms with van der Waals surface area (Å²) in [7, 11) is 1.93. The van der Waals surface area contributed by atoms with E-state index in [4.69, 9.17) is 5.84 Å². The van der Waals surface area contributed by atoms with E-state index in [-0.39, 0.29) is 5.82 Å². The normalized spacial score (nSPS) is 10.7. The van der Waals surface area contributed by atoms with E-state index in [9.17, 15) is 4.39 Å². The highest BCUT2D eigenvalue weighted by molar-refractivity contribution is 5.41. The fourth-order valence-corrected chi connectivity index (χ4v) is 1.90. The summed E-state index contributed by atoms with van der Waals surface area (Å²) >= 11 is 0. The molecule has 0 saturated carbocycles. The summed E-state index contributed by atoms with van der Waals surface area (Å²) in [5, 5.41) is 0. The molecule has 0 fully saturated rings. The molecule has 0 spiro atoms. The highest BCUT2D eigenvalue weighted by Gasteiger charge is 2.06. The molecule has 3 N–H and O–H groups in total. The first kappa shape index (κ1) is 13.5. The maximum absolute atomic E-state index is 13.5. The number of anilines is 1. The Morgan fingerprint density at radius 3 is 2.79 bits per heavy atom. The summed E-state index contributed by atoms with van der Waals surface area (Å²) in [6, 6.07) is 10.5. The third-order valence-electron chi connectivity index (χ3n) is 2.81. The first-order valence-electron chi connectivity index (χ1n) is 6.02. The molecule has 0 aliphatic carbocycles. The molecule has 2 rings (SSSR count). The first-order chi connectivity index (χ1) is 9.19. The van der Waals surface area contributed by atoms with Crippen LogP contribution in [0, 0.1) is 5.82 Å². The molecule has 0 saturated heterocycles. The number of aromatic nitrogens is 1. The number of nitrogens with zero attached hydrogens (tertiary/aromatic N) is 2. The van der Waals surface area contributed by atoms with E-state index < -0.39 is 0 Å². The lowest BCUT2D eigenvalue weighted by Crippen LogP contribution is -2.19. The van der Waals surface area contributed by atoms with Gasteiger partial charge in [0.15, 0.2) is 0 Å². The maximum Gasteiger partial charge on any atom is 0.127 e. The van der Waals surface area contributed by atoms with E-state index in [0.29, 0.717) is 18.7 Å². The predicted octanol–water partition coefficient (Wildman–Crippen LogP) is 2.14. The van der Waals surface area contributed by atoms with Crippen molar-refractivity contribution in [2.45, 2.75) is 13.1 Å². The fraction of sp³-hybridized carbons (Fsp3) is 0.214. The largest absolute Gasteiger partial charge is 0.324 e. The number of rotatable bonds is 5. The molecule has 1 aromatic heterocycles. The lowest BCUT2D eigenvalue weighted by Gasteiger charge is -2.17. The lowest BCUT2D eigenvalue weighted by molar-refractivity contribution is 0.310. The van der Waals surface area contributed by atoms with Gasteiger partial charge < -0.3 is 5.43 Å². The number of nitrogens with two attached hydrogens (primary N) is 1. The van der Waals surface area contributed by atoms with E-state index in [0.717, 1.165) is 11.4 Å². The third kappa shape index (κ3) is 3.74. The molecule has 1 heterocycles. The van der Waals surface area contributed by atoms with E-state index in [1.54, 1.807) is 24.4 Å². The van der Waals surface area contributed by atoms with Crippen LogP contribution in [0.25, 0.3) is 0 Å². The number of hydrogen-bond acceptors (Lipinski definition) is 4. The Labute approximate surface area is 112 Å². The van der Waals surface area contributed by atoms with Gasteiger partial charge in [0, 0.05) is 24.8 Å². The third-order valence-corrected chi connectivity index (χ3v) is 2.81. The average molecular weight is 260 g/mol. The van der Waals surface area contributed by atoms with Crippen LogP contribution >= 0.6 is 0 Å². The molecular weight excluding hydrogens is 243 g/mol. The molecule has 0 aliphatic heterocycles. The smallest absolute Gasteiger partial charge is 0.127 e. The van der Waals surface area contributed by atoms with Gasteiger partial charge in [-0.25, -0.2) is 4.39 Å². The van der Waals surface area contributed by atoms with Crippen LogP contribution in [0.5, 0.6) is 0 Å². The monoisotopic (exact) mass is 260 g/mol. The molecule has 0 bridgehead atoms. The Kier molecular flexibility index (Phi) is 4.43. The second-order valence-corrected chi connectivity index (χ2v) is 4.44. The van der Waals surface area contributed by atoms with Crippen LogP contribution < -0.4 is 11.3 Å². The number of pyridine rings is 1. The molecule has 0 aliphatic rings. The van der Waals surface area contributed by atoms with Gasteiger partial charge in [0.2, 0.25) is 0 Å². The number of halogens is 1. The molecule has 0 amide bonds. The number of hydrogen-bond donors (Lipinski definition) is 2. The van der Waals surface area contributed by atoms with Crippen molar-refractivity contribution < 1.29 is 4.39 Å². The van der Waals surface area contributed by atoms with Gasteiger partial charge in [0.05, 0.1) is 11.4 Å². The predicted molar refractivity (Wildman–Crippen MR) is 73.6 cm³/mol. The zero-order valence-electron chi connectivity index (χ0n) is 10.8. The van der Waals surface area contributed by atoms with Crippen molar-refractivity contribution in [2.24, 2.45) is 5.84 Å². The highest BCUT2D eigenvalue weighted by Crippen LogP contribution is 2.12. The molecule has 1 aromatic carbocycles. The molecule has 19 heavy (non-hydrogen) atoms. The quantitative estimate of drug-likeness (QED) is 0.639. The van der Waals surface area contributed by atoms with Crippen LogP contribution in [0.3, 0.4) is 0 Å². The second-order valence-electron chi connectivity index (χ2n) is 4.44. The topological polar surface area (TPSA) is 54.2 Å². The standard InChI is InChI=1S/C14H17FN4/c1-19(9-11-4-2-3-5-14(11)15)10-13-8-12(18-16)6-7-17-13/h2-8H,9-10,16H2,1H3,(H,17,18). The Hall–Kier alpha value is -1.98. The van der Waals surface area contributed by atoms with Gasteiger partial charge in [0.1, 0.15) is 5.82 Å².